The molecule has 0 unspecified atom stereocenters. The van der Waals surface area contributed by atoms with Crippen molar-refractivity contribution in [2.24, 2.45) is 11.7 Å². The molecule has 1 aliphatic heterocycles. The number of amides is 1. The molecule has 1 saturated heterocycles. The van der Waals surface area contributed by atoms with E-state index in [9.17, 15) is 4.79 Å². The number of nitrogens with zero attached hydrogens (tertiary/aromatic N) is 1. The van der Waals surface area contributed by atoms with Gasteiger partial charge in [0.25, 0.3) is 0 Å². The summed E-state index contributed by atoms with van der Waals surface area (Å²) in [6, 6.07) is 0. The lowest BCUT2D eigenvalue weighted by molar-refractivity contribution is 0.0134. The third-order valence-corrected chi connectivity index (χ3v) is 4.51. The molecule has 2 aliphatic rings. The average Bonchev–Trinajstić information content (AvgIpc) is 2.81. The molecule has 0 aromatic heterocycles. The highest BCUT2D eigenvalue weighted by atomic mass is 16.6. The second-order valence-corrected chi connectivity index (χ2v) is 7.18. The minimum atomic E-state index is -0.417. The van der Waals surface area contributed by atoms with Crippen LogP contribution in [-0.2, 0) is 4.74 Å². The van der Waals surface area contributed by atoms with Gasteiger partial charge >= 0.3 is 6.09 Å². The van der Waals surface area contributed by atoms with Crippen LogP contribution in [0.5, 0.6) is 0 Å². The first-order chi connectivity index (χ1) is 8.80. The summed E-state index contributed by atoms with van der Waals surface area (Å²) in [6.45, 7) is 7.19. The van der Waals surface area contributed by atoms with Crippen molar-refractivity contribution < 1.29 is 9.53 Å². The Bertz CT molecular complexity index is 322. The van der Waals surface area contributed by atoms with Crippen LogP contribution in [0.1, 0.15) is 59.3 Å². The van der Waals surface area contributed by atoms with Crippen LogP contribution in [0.3, 0.4) is 0 Å². The van der Waals surface area contributed by atoms with Crippen LogP contribution in [0, 0.1) is 5.92 Å². The molecule has 1 saturated carbocycles. The largest absolute Gasteiger partial charge is 0.444 e. The molecule has 2 fully saturated rings. The topological polar surface area (TPSA) is 55.6 Å². The molecule has 0 aromatic carbocycles. The van der Waals surface area contributed by atoms with E-state index >= 15 is 0 Å². The molecule has 2 rings (SSSR count). The SMILES string of the molecule is CC(C)(C)OC(=O)N1CCC(N)(C2CCCC2)CC1. The number of hydrogen-bond acceptors (Lipinski definition) is 3. The summed E-state index contributed by atoms with van der Waals surface area (Å²) >= 11 is 0. The van der Waals surface area contributed by atoms with Crippen molar-refractivity contribution in [3.8, 4) is 0 Å². The van der Waals surface area contributed by atoms with Crippen LogP contribution in [0.2, 0.25) is 0 Å². The van der Waals surface area contributed by atoms with Crippen LogP contribution in [0.25, 0.3) is 0 Å². The summed E-state index contributed by atoms with van der Waals surface area (Å²) < 4.78 is 5.42. The molecule has 2 N–H and O–H groups in total. The van der Waals surface area contributed by atoms with Crippen LogP contribution in [-0.4, -0.2) is 35.2 Å². The van der Waals surface area contributed by atoms with Gasteiger partial charge in [-0.15, -0.1) is 0 Å². The summed E-state index contributed by atoms with van der Waals surface area (Å²) in [5.41, 5.74) is 6.11. The van der Waals surface area contributed by atoms with Gasteiger partial charge in [0.15, 0.2) is 0 Å². The van der Waals surface area contributed by atoms with Gasteiger partial charge in [-0.2, -0.15) is 0 Å². The van der Waals surface area contributed by atoms with Gasteiger partial charge in [0.2, 0.25) is 0 Å². The maximum Gasteiger partial charge on any atom is 0.410 e. The van der Waals surface area contributed by atoms with Crippen molar-refractivity contribution in [3.05, 3.63) is 0 Å². The minimum absolute atomic E-state index is 0.0466. The Hall–Kier alpha value is -0.770. The van der Waals surface area contributed by atoms with Crippen molar-refractivity contribution >= 4 is 6.09 Å². The Morgan fingerprint density at radius 2 is 1.74 bits per heavy atom. The maximum absolute atomic E-state index is 12.0. The van der Waals surface area contributed by atoms with Gasteiger partial charge in [0.1, 0.15) is 5.60 Å². The lowest BCUT2D eigenvalue weighted by Gasteiger charge is -2.43. The number of carbonyl (C=O) groups excluding carboxylic acids is 1. The fourth-order valence-corrected chi connectivity index (χ4v) is 3.34. The van der Waals surface area contributed by atoms with E-state index in [1.807, 2.05) is 25.7 Å². The number of rotatable bonds is 1. The maximum atomic E-state index is 12.0. The zero-order valence-electron chi connectivity index (χ0n) is 12.6. The molecule has 1 amide bonds. The highest BCUT2D eigenvalue weighted by molar-refractivity contribution is 5.68. The molecule has 0 bridgehead atoms. The molecule has 110 valence electrons. The molecule has 19 heavy (non-hydrogen) atoms. The highest BCUT2D eigenvalue weighted by Gasteiger charge is 2.40. The van der Waals surface area contributed by atoms with Gasteiger partial charge in [-0.3, -0.25) is 0 Å². The van der Waals surface area contributed by atoms with E-state index in [2.05, 4.69) is 0 Å². The lowest BCUT2D eigenvalue weighted by Crippen LogP contribution is -2.55. The normalized spacial score (nSPS) is 24.5. The Labute approximate surface area is 116 Å². The third-order valence-electron chi connectivity index (χ3n) is 4.51. The molecule has 0 atom stereocenters. The Morgan fingerprint density at radius 1 is 1.21 bits per heavy atom. The van der Waals surface area contributed by atoms with Crippen molar-refractivity contribution in [2.45, 2.75) is 70.4 Å². The zero-order valence-corrected chi connectivity index (χ0v) is 12.6. The van der Waals surface area contributed by atoms with Gasteiger partial charge in [-0.1, -0.05) is 12.8 Å². The Kier molecular flexibility index (Phi) is 4.09. The van der Waals surface area contributed by atoms with Crippen molar-refractivity contribution in [3.63, 3.8) is 0 Å². The van der Waals surface area contributed by atoms with E-state index in [0.717, 1.165) is 25.9 Å². The molecule has 4 nitrogen and oxygen atoms in total. The van der Waals surface area contributed by atoms with E-state index in [4.69, 9.17) is 10.5 Å². The quantitative estimate of drug-likeness (QED) is 0.795. The van der Waals surface area contributed by atoms with Gasteiger partial charge in [-0.05, 0) is 52.4 Å². The minimum Gasteiger partial charge on any atom is -0.444 e. The summed E-state index contributed by atoms with van der Waals surface area (Å²) in [6.07, 6.45) is 6.80. The van der Waals surface area contributed by atoms with Crippen molar-refractivity contribution in [1.82, 2.24) is 4.90 Å². The number of carbonyl (C=O) groups is 1. The second kappa shape index (κ2) is 5.31. The van der Waals surface area contributed by atoms with E-state index in [-0.39, 0.29) is 11.6 Å². The molecule has 0 aromatic rings. The van der Waals surface area contributed by atoms with Crippen molar-refractivity contribution in [2.75, 3.05) is 13.1 Å². The molecule has 0 radical (unpaired) electrons. The monoisotopic (exact) mass is 268 g/mol. The predicted molar refractivity (Wildman–Crippen MR) is 75.9 cm³/mol. The van der Waals surface area contributed by atoms with E-state index in [1.54, 1.807) is 0 Å². The van der Waals surface area contributed by atoms with Gasteiger partial charge in [0.05, 0.1) is 0 Å². The van der Waals surface area contributed by atoms with Crippen LogP contribution in [0.15, 0.2) is 0 Å². The first kappa shape index (κ1) is 14.6. The van der Waals surface area contributed by atoms with Crippen molar-refractivity contribution in [1.29, 1.82) is 0 Å². The molecular weight excluding hydrogens is 240 g/mol. The number of nitrogens with two attached hydrogens (primary N) is 1. The first-order valence-electron chi connectivity index (χ1n) is 7.57. The average molecular weight is 268 g/mol. The Balaban J connectivity index is 1.86. The predicted octanol–water partition coefficient (Wildman–Crippen LogP) is 2.91. The fourth-order valence-electron chi connectivity index (χ4n) is 3.34. The summed E-state index contributed by atoms with van der Waals surface area (Å²) in [4.78, 5) is 13.8. The number of hydrogen-bond donors (Lipinski definition) is 1. The van der Waals surface area contributed by atoms with Crippen LogP contribution in [0.4, 0.5) is 4.79 Å². The highest BCUT2D eigenvalue weighted by Crippen LogP contribution is 2.38. The number of likely N-dealkylation sites (tertiary alicyclic amines) is 1. The standard InChI is InChI=1S/C15H28N2O2/c1-14(2,3)19-13(18)17-10-8-15(16,9-11-17)12-6-4-5-7-12/h12H,4-11,16H2,1-3H3. The van der Waals surface area contributed by atoms with Crippen LogP contribution >= 0.6 is 0 Å². The zero-order chi connectivity index (χ0) is 14.1. The third kappa shape index (κ3) is 3.62. The summed E-state index contributed by atoms with van der Waals surface area (Å²) in [7, 11) is 0. The summed E-state index contributed by atoms with van der Waals surface area (Å²) in [5, 5.41) is 0. The van der Waals surface area contributed by atoms with Crippen LogP contribution < -0.4 is 5.73 Å². The Morgan fingerprint density at radius 3 is 2.21 bits per heavy atom. The molecule has 0 spiro atoms. The molecule has 1 heterocycles. The van der Waals surface area contributed by atoms with E-state index in [0.29, 0.717) is 5.92 Å². The van der Waals surface area contributed by atoms with E-state index < -0.39 is 5.60 Å². The number of piperidine rings is 1. The first-order valence-corrected chi connectivity index (χ1v) is 7.57. The fraction of sp³-hybridized carbons (Fsp3) is 0.933. The smallest absolute Gasteiger partial charge is 0.410 e. The van der Waals surface area contributed by atoms with Gasteiger partial charge in [0, 0.05) is 18.6 Å². The summed E-state index contributed by atoms with van der Waals surface area (Å²) in [5.74, 6) is 0.660. The number of ether oxygens (including phenoxy) is 1. The van der Waals surface area contributed by atoms with E-state index in [1.165, 1.54) is 25.7 Å². The second-order valence-electron chi connectivity index (χ2n) is 7.18. The lowest BCUT2D eigenvalue weighted by atomic mass is 9.76. The molecular formula is C15H28N2O2. The van der Waals surface area contributed by atoms with Gasteiger partial charge in [-0.25, -0.2) is 4.79 Å². The van der Waals surface area contributed by atoms with Gasteiger partial charge < -0.3 is 15.4 Å². The molecule has 4 heteroatoms. The molecule has 1 aliphatic carbocycles.